The quantitative estimate of drug-likeness (QED) is 0.761. The SMILES string of the molecule is CC(C)Cn1cc(C2CC2N)cn1. The van der Waals surface area contributed by atoms with Crippen molar-refractivity contribution in [2.75, 3.05) is 0 Å². The van der Waals surface area contributed by atoms with Crippen molar-refractivity contribution >= 4 is 0 Å². The third-order valence-corrected chi connectivity index (χ3v) is 2.47. The molecule has 2 atom stereocenters. The van der Waals surface area contributed by atoms with Gasteiger partial charge in [0.05, 0.1) is 6.20 Å². The second-order valence-electron chi connectivity index (χ2n) is 4.40. The molecular weight excluding hydrogens is 162 g/mol. The lowest BCUT2D eigenvalue weighted by atomic mass is 10.2. The number of hydrogen-bond donors (Lipinski definition) is 1. The van der Waals surface area contributed by atoms with E-state index in [4.69, 9.17) is 5.73 Å². The minimum Gasteiger partial charge on any atom is -0.327 e. The van der Waals surface area contributed by atoms with E-state index in [-0.39, 0.29) is 0 Å². The summed E-state index contributed by atoms with van der Waals surface area (Å²) >= 11 is 0. The molecule has 1 heterocycles. The summed E-state index contributed by atoms with van der Waals surface area (Å²) in [5.41, 5.74) is 7.09. The fourth-order valence-corrected chi connectivity index (χ4v) is 1.64. The van der Waals surface area contributed by atoms with E-state index in [1.807, 2.05) is 10.9 Å². The van der Waals surface area contributed by atoms with E-state index in [1.165, 1.54) is 5.56 Å². The van der Waals surface area contributed by atoms with Gasteiger partial charge in [-0.25, -0.2) is 0 Å². The normalized spacial score (nSPS) is 26.8. The summed E-state index contributed by atoms with van der Waals surface area (Å²) in [7, 11) is 0. The minimum absolute atomic E-state index is 0.386. The van der Waals surface area contributed by atoms with E-state index in [0.29, 0.717) is 17.9 Å². The van der Waals surface area contributed by atoms with Crippen LogP contribution in [0.4, 0.5) is 0 Å². The molecule has 1 aliphatic rings. The third kappa shape index (κ3) is 1.91. The van der Waals surface area contributed by atoms with Gasteiger partial charge in [-0.15, -0.1) is 0 Å². The molecule has 0 aromatic carbocycles. The van der Waals surface area contributed by atoms with Crippen LogP contribution in [-0.2, 0) is 6.54 Å². The Morgan fingerprint density at radius 1 is 1.69 bits per heavy atom. The monoisotopic (exact) mass is 179 g/mol. The molecule has 0 bridgehead atoms. The highest BCUT2D eigenvalue weighted by atomic mass is 15.3. The molecule has 2 rings (SSSR count). The fraction of sp³-hybridized carbons (Fsp3) is 0.700. The Balaban J connectivity index is 2.01. The Labute approximate surface area is 78.9 Å². The smallest absolute Gasteiger partial charge is 0.0525 e. The van der Waals surface area contributed by atoms with Gasteiger partial charge in [-0.05, 0) is 17.9 Å². The van der Waals surface area contributed by atoms with Crippen molar-refractivity contribution < 1.29 is 0 Å². The van der Waals surface area contributed by atoms with Crippen LogP contribution in [0.3, 0.4) is 0 Å². The number of aromatic nitrogens is 2. The first-order chi connectivity index (χ1) is 6.16. The van der Waals surface area contributed by atoms with Gasteiger partial charge in [-0.2, -0.15) is 5.10 Å². The molecule has 2 N–H and O–H groups in total. The van der Waals surface area contributed by atoms with Gasteiger partial charge < -0.3 is 5.73 Å². The van der Waals surface area contributed by atoms with E-state index >= 15 is 0 Å². The zero-order valence-corrected chi connectivity index (χ0v) is 8.27. The maximum atomic E-state index is 5.77. The first-order valence-electron chi connectivity index (χ1n) is 4.94. The zero-order valence-electron chi connectivity index (χ0n) is 8.27. The lowest BCUT2D eigenvalue weighted by Gasteiger charge is -2.03. The molecule has 3 nitrogen and oxygen atoms in total. The maximum absolute atomic E-state index is 5.77. The summed E-state index contributed by atoms with van der Waals surface area (Å²) in [5, 5.41) is 4.31. The minimum atomic E-state index is 0.386. The van der Waals surface area contributed by atoms with Crippen molar-refractivity contribution in [2.24, 2.45) is 11.7 Å². The van der Waals surface area contributed by atoms with Gasteiger partial charge in [0.2, 0.25) is 0 Å². The highest BCUT2D eigenvalue weighted by Gasteiger charge is 2.35. The van der Waals surface area contributed by atoms with Crippen LogP contribution in [-0.4, -0.2) is 15.8 Å². The van der Waals surface area contributed by atoms with E-state index in [1.54, 1.807) is 0 Å². The van der Waals surface area contributed by atoms with E-state index in [0.717, 1.165) is 13.0 Å². The molecule has 0 spiro atoms. The summed E-state index contributed by atoms with van der Waals surface area (Å²) in [5.74, 6) is 1.24. The van der Waals surface area contributed by atoms with Crippen LogP contribution in [0.5, 0.6) is 0 Å². The predicted molar refractivity (Wildman–Crippen MR) is 52.4 cm³/mol. The molecule has 1 fully saturated rings. The van der Waals surface area contributed by atoms with Crippen LogP contribution in [0.1, 0.15) is 31.7 Å². The zero-order chi connectivity index (χ0) is 9.42. The Morgan fingerprint density at radius 3 is 2.92 bits per heavy atom. The molecule has 13 heavy (non-hydrogen) atoms. The second kappa shape index (κ2) is 3.14. The first-order valence-corrected chi connectivity index (χ1v) is 4.94. The summed E-state index contributed by atoms with van der Waals surface area (Å²) in [6.45, 7) is 5.40. The fourth-order valence-electron chi connectivity index (χ4n) is 1.64. The largest absolute Gasteiger partial charge is 0.327 e. The highest BCUT2D eigenvalue weighted by molar-refractivity contribution is 5.22. The van der Waals surface area contributed by atoms with Crippen LogP contribution in [0.15, 0.2) is 12.4 Å². The standard InChI is InChI=1S/C10H17N3/c1-7(2)5-13-6-8(4-12-13)9-3-10(9)11/h4,6-7,9-10H,3,5,11H2,1-2H3. The maximum Gasteiger partial charge on any atom is 0.0525 e. The third-order valence-electron chi connectivity index (χ3n) is 2.47. The topological polar surface area (TPSA) is 43.8 Å². The average molecular weight is 179 g/mol. The van der Waals surface area contributed by atoms with Gasteiger partial charge in [0.25, 0.3) is 0 Å². The lowest BCUT2D eigenvalue weighted by molar-refractivity contribution is 0.483. The molecule has 0 amide bonds. The number of nitrogens with zero attached hydrogens (tertiary/aromatic N) is 2. The molecule has 72 valence electrons. The lowest BCUT2D eigenvalue weighted by Crippen LogP contribution is -2.04. The van der Waals surface area contributed by atoms with Crippen LogP contribution in [0, 0.1) is 5.92 Å². The van der Waals surface area contributed by atoms with Gasteiger partial charge in [0.15, 0.2) is 0 Å². The van der Waals surface area contributed by atoms with Crippen LogP contribution >= 0.6 is 0 Å². The summed E-state index contributed by atoms with van der Waals surface area (Å²) in [6.07, 6.45) is 5.23. The Kier molecular flexibility index (Phi) is 2.12. The van der Waals surface area contributed by atoms with Gasteiger partial charge in [-0.1, -0.05) is 13.8 Å². The van der Waals surface area contributed by atoms with Crippen molar-refractivity contribution in [2.45, 2.75) is 38.8 Å². The molecule has 0 saturated heterocycles. The predicted octanol–water partition coefficient (Wildman–Crippen LogP) is 1.35. The van der Waals surface area contributed by atoms with E-state index in [2.05, 4.69) is 25.1 Å². The molecule has 0 aliphatic heterocycles. The second-order valence-corrected chi connectivity index (χ2v) is 4.40. The number of hydrogen-bond acceptors (Lipinski definition) is 2. The van der Waals surface area contributed by atoms with Gasteiger partial charge in [0, 0.05) is 24.7 Å². The summed E-state index contributed by atoms with van der Waals surface area (Å²) < 4.78 is 2.02. The Morgan fingerprint density at radius 2 is 2.38 bits per heavy atom. The summed E-state index contributed by atoms with van der Waals surface area (Å²) in [6, 6.07) is 0.386. The molecule has 1 saturated carbocycles. The van der Waals surface area contributed by atoms with Crippen molar-refractivity contribution in [3.05, 3.63) is 18.0 Å². The highest BCUT2D eigenvalue weighted by Crippen LogP contribution is 2.38. The van der Waals surface area contributed by atoms with Crippen molar-refractivity contribution in [1.29, 1.82) is 0 Å². The molecule has 1 aromatic heterocycles. The number of rotatable bonds is 3. The first kappa shape index (κ1) is 8.75. The Bertz CT molecular complexity index is 290. The molecule has 3 heteroatoms. The molecule has 1 aromatic rings. The van der Waals surface area contributed by atoms with Crippen LogP contribution in [0.25, 0.3) is 0 Å². The van der Waals surface area contributed by atoms with Gasteiger partial charge in [-0.3, -0.25) is 4.68 Å². The van der Waals surface area contributed by atoms with E-state index < -0.39 is 0 Å². The van der Waals surface area contributed by atoms with E-state index in [9.17, 15) is 0 Å². The van der Waals surface area contributed by atoms with Crippen LogP contribution in [0.2, 0.25) is 0 Å². The molecule has 2 unspecified atom stereocenters. The van der Waals surface area contributed by atoms with Crippen molar-refractivity contribution in [1.82, 2.24) is 9.78 Å². The molecule has 0 radical (unpaired) electrons. The van der Waals surface area contributed by atoms with Crippen LogP contribution < -0.4 is 5.73 Å². The number of nitrogens with two attached hydrogens (primary N) is 1. The van der Waals surface area contributed by atoms with Gasteiger partial charge >= 0.3 is 0 Å². The summed E-state index contributed by atoms with van der Waals surface area (Å²) in [4.78, 5) is 0. The Hall–Kier alpha value is -0.830. The van der Waals surface area contributed by atoms with Crippen molar-refractivity contribution in [3.63, 3.8) is 0 Å². The van der Waals surface area contributed by atoms with Gasteiger partial charge in [0.1, 0.15) is 0 Å². The molecular formula is C10H17N3. The van der Waals surface area contributed by atoms with Crippen molar-refractivity contribution in [3.8, 4) is 0 Å². The molecule has 1 aliphatic carbocycles. The average Bonchev–Trinajstić information content (AvgIpc) is 2.60.